The predicted octanol–water partition coefficient (Wildman–Crippen LogP) is 0.566. The van der Waals surface area contributed by atoms with Crippen molar-refractivity contribution in [2.24, 2.45) is 17.8 Å². The molecule has 2 saturated carbocycles. The van der Waals surface area contributed by atoms with Crippen molar-refractivity contribution in [1.29, 1.82) is 0 Å². The molecule has 3 rings (SSSR count). The van der Waals surface area contributed by atoms with Gasteiger partial charge in [0.25, 0.3) is 0 Å². The smallest absolute Gasteiger partial charge is 0.130 e. The molecular weight excluding hydrogens is 306 g/mol. The average molecular weight is 335 g/mol. The van der Waals surface area contributed by atoms with Crippen molar-refractivity contribution in [3.05, 3.63) is 23.8 Å². The number of ether oxygens (including phenoxy) is 1. The minimum atomic E-state index is -0.438. The summed E-state index contributed by atoms with van der Waals surface area (Å²) < 4.78 is 5.09. The maximum absolute atomic E-state index is 10.3. The van der Waals surface area contributed by atoms with Crippen LogP contribution in [0.5, 0.6) is 0 Å². The van der Waals surface area contributed by atoms with Gasteiger partial charge in [-0.1, -0.05) is 0 Å². The van der Waals surface area contributed by atoms with Gasteiger partial charge in [-0.15, -0.1) is 0 Å². The summed E-state index contributed by atoms with van der Waals surface area (Å²) in [7, 11) is 1.67. The van der Waals surface area contributed by atoms with Gasteiger partial charge in [0, 0.05) is 44.0 Å². The Morgan fingerprint density at radius 3 is 2.88 bits per heavy atom. The van der Waals surface area contributed by atoms with Gasteiger partial charge in [0.15, 0.2) is 0 Å². The molecule has 2 aliphatic rings. The van der Waals surface area contributed by atoms with E-state index in [1.807, 2.05) is 6.07 Å². The van der Waals surface area contributed by atoms with Gasteiger partial charge in [0.2, 0.25) is 0 Å². The van der Waals surface area contributed by atoms with Crippen LogP contribution in [0.1, 0.15) is 30.8 Å². The first kappa shape index (κ1) is 17.7. The van der Waals surface area contributed by atoms with Crippen LogP contribution in [-0.4, -0.2) is 59.2 Å². The van der Waals surface area contributed by atoms with E-state index in [2.05, 4.69) is 15.3 Å². The first-order valence-corrected chi connectivity index (χ1v) is 9.03. The van der Waals surface area contributed by atoms with E-state index in [0.29, 0.717) is 19.4 Å². The number of methoxy groups -OCH3 is 1. The highest BCUT2D eigenvalue weighted by Crippen LogP contribution is 2.36. The van der Waals surface area contributed by atoms with Crippen LogP contribution in [0.15, 0.2) is 12.3 Å². The molecule has 0 radical (unpaired) electrons. The van der Waals surface area contributed by atoms with E-state index in [1.54, 1.807) is 13.3 Å². The zero-order chi connectivity index (χ0) is 16.9. The molecule has 0 aliphatic heterocycles. The van der Waals surface area contributed by atoms with E-state index < -0.39 is 6.10 Å². The van der Waals surface area contributed by atoms with Gasteiger partial charge in [0.1, 0.15) is 5.82 Å². The number of aliphatic hydroxyl groups excluding tert-OH is 2. The normalized spacial score (nSPS) is 30.0. The summed E-state index contributed by atoms with van der Waals surface area (Å²) >= 11 is 0. The Balaban J connectivity index is 1.66. The molecule has 1 heterocycles. The predicted molar refractivity (Wildman–Crippen MR) is 90.5 cm³/mol. The minimum Gasteiger partial charge on any atom is -0.396 e. The van der Waals surface area contributed by atoms with E-state index in [-0.39, 0.29) is 24.5 Å². The van der Waals surface area contributed by atoms with Crippen LogP contribution in [0.2, 0.25) is 0 Å². The summed E-state index contributed by atoms with van der Waals surface area (Å²) in [5.74, 6) is 1.71. The third kappa shape index (κ3) is 4.51. The Hall–Kier alpha value is -1.08. The molecule has 3 N–H and O–H groups in total. The van der Waals surface area contributed by atoms with Gasteiger partial charge in [-0.05, 0) is 50.1 Å². The minimum absolute atomic E-state index is 0.0229. The largest absolute Gasteiger partial charge is 0.396 e. The zero-order valence-corrected chi connectivity index (χ0v) is 14.4. The topological polar surface area (TPSA) is 87.5 Å². The van der Waals surface area contributed by atoms with Crippen LogP contribution >= 0.6 is 0 Å². The van der Waals surface area contributed by atoms with Gasteiger partial charge in [0.05, 0.1) is 12.7 Å². The fourth-order valence-electron chi connectivity index (χ4n) is 3.73. The number of hydrogen-bond acceptors (Lipinski definition) is 6. The summed E-state index contributed by atoms with van der Waals surface area (Å²) in [6.45, 7) is 1.65. The molecule has 2 aliphatic carbocycles. The number of hydrogen-bond donors (Lipinski definition) is 3. The Kier molecular flexibility index (Phi) is 6.16. The van der Waals surface area contributed by atoms with Gasteiger partial charge >= 0.3 is 0 Å². The number of nitrogens with zero attached hydrogens (tertiary/aromatic N) is 2. The summed E-state index contributed by atoms with van der Waals surface area (Å²) in [6, 6.07) is 2.18. The molecule has 0 bridgehead atoms. The van der Waals surface area contributed by atoms with E-state index in [4.69, 9.17) is 4.74 Å². The molecule has 24 heavy (non-hydrogen) atoms. The third-order valence-corrected chi connectivity index (χ3v) is 5.37. The van der Waals surface area contributed by atoms with Crippen molar-refractivity contribution in [1.82, 2.24) is 15.3 Å². The van der Waals surface area contributed by atoms with Crippen LogP contribution in [0.3, 0.4) is 0 Å². The lowest BCUT2D eigenvalue weighted by Crippen LogP contribution is -2.37. The Morgan fingerprint density at radius 2 is 2.17 bits per heavy atom. The van der Waals surface area contributed by atoms with E-state index in [9.17, 15) is 10.2 Å². The van der Waals surface area contributed by atoms with Crippen molar-refractivity contribution in [2.45, 2.75) is 44.2 Å². The summed E-state index contributed by atoms with van der Waals surface area (Å²) in [6.07, 6.45) is 6.14. The monoisotopic (exact) mass is 335 g/mol. The summed E-state index contributed by atoms with van der Waals surface area (Å²) in [4.78, 5) is 8.91. The number of nitrogens with one attached hydrogen (secondary N) is 1. The van der Waals surface area contributed by atoms with Crippen LogP contribution in [0, 0.1) is 17.8 Å². The molecule has 6 heteroatoms. The lowest BCUT2D eigenvalue weighted by molar-refractivity contribution is 0.0716. The highest BCUT2D eigenvalue weighted by Gasteiger charge is 2.42. The molecule has 0 saturated heterocycles. The molecule has 134 valence electrons. The number of aromatic nitrogens is 2. The van der Waals surface area contributed by atoms with Crippen LogP contribution in [-0.2, 0) is 17.6 Å². The molecule has 1 aromatic rings. The first-order valence-electron chi connectivity index (χ1n) is 9.03. The Bertz CT molecular complexity index is 524. The zero-order valence-electron chi connectivity index (χ0n) is 14.4. The molecule has 0 amide bonds. The standard InChI is InChI=1S/C18H29N3O3/c1-24-7-5-18-19-6-4-13(21-18)8-14-15(11-22)17(23)9-16(14)20-10-12-2-3-12/h4,6,12,14-17,20,22-23H,2-3,5,7-11H2,1H3. The second-order valence-electron chi connectivity index (χ2n) is 7.18. The fraction of sp³-hybridized carbons (Fsp3) is 0.778. The summed E-state index contributed by atoms with van der Waals surface area (Å²) in [5.41, 5.74) is 0.979. The van der Waals surface area contributed by atoms with E-state index in [0.717, 1.165) is 30.4 Å². The molecule has 0 spiro atoms. The van der Waals surface area contributed by atoms with Gasteiger partial charge < -0.3 is 20.3 Å². The lowest BCUT2D eigenvalue weighted by Gasteiger charge is -2.25. The third-order valence-electron chi connectivity index (χ3n) is 5.37. The maximum Gasteiger partial charge on any atom is 0.130 e. The molecule has 1 aromatic heterocycles. The van der Waals surface area contributed by atoms with Crippen molar-refractivity contribution < 1.29 is 14.9 Å². The van der Waals surface area contributed by atoms with Gasteiger partial charge in [-0.25, -0.2) is 9.97 Å². The molecule has 0 aromatic carbocycles. The average Bonchev–Trinajstić information content (AvgIpc) is 3.36. The van der Waals surface area contributed by atoms with Crippen LogP contribution < -0.4 is 5.32 Å². The lowest BCUT2D eigenvalue weighted by atomic mass is 9.88. The van der Waals surface area contributed by atoms with Crippen molar-refractivity contribution in [3.8, 4) is 0 Å². The molecule has 6 nitrogen and oxygen atoms in total. The summed E-state index contributed by atoms with van der Waals surface area (Å²) in [5, 5.41) is 23.7. The van der Waals surface area contributed by atoms with Crippen molar-refractivity contribution in [3.63, 3.8) is 0 Å². The Morgan fingerprint density at radius 1 is 1.33 bits per heavy atom. The second kappa shape index (κ2) is 8.34. The van der Waals surface area contributed by atoms with Crippen LogP contribution in [0.25, 0.3) is 0 Å². The highest BCUT2D eigenvalue weighted by atomic mass is 16.5. The molecule has 4 atom stereocenters. The highest BCUT2D eigenvalue weighted by molar-refractivity contribution is 5.08. The SMILES string of the molecule is COCCc1nccc(CC2C(NCC3CC3)CC(O)C2CO)n1. The van der Waals surface area contributed by atoms with Gasteiger partial charge in [-0.3, -0.25) is 0 Å². The van der Waals surface area contributed by atoms with Crippen LogP contribution in [0.4, 0.5) is 0 Å². The number of rotatable bonds is 9. The fourth-order valence-corrected chi connectivity index (χ4v) is 3.73. The Labute approximate surface area is 143 Å². The first-order chi connectivity index (χ1) is 11.7. The van der Waals surface area contributed by atoms with E-state index >= 15 is 0 Å². The van der Waals surface area contributed by atoms with Gasteiger partial charge in [-0.2, -0.15) is 0 Å². The number of aliphatic hydroxyl groups is 2. The van der Waals surface area contributed by atoms with E-state index in [1.165, 1.54) is 12.8 Å². The maximum atomic E-state index is 10.3. The van der Waals surface area contributed by atoms with Crippen molar-refractivity contribution in [2.75, 3.05) is 26.9 Å². The molecule has 2 fully saturated rings. The quantitative estimate of drug-likeness (QED) is 0.611. The molecular formula is C18H29N3O3. The second-order valence-corrected chi connectivity index (χ2v) is 7.18. The molecule has 4 unspecified atom stereocenters. The van der Waals surface area contributed by atoms with Crippen molar-refractivity contribution >= 4 is 0 Å².